The number of primary amides is 1. The summed E-state index contributed by atoms with van der Waals surface area (Å²) in [6, 6.07) is 19.1. The number of nitrogens with one attached hydrogen (secondary N) is 2. The van der Waals surface area contributed by atoms with Crippen LogP contribution in [-0.4, -0.2) is 40.8 Å². The number of aromatic nitrogens is 1. The predicted octanol–water partition coefficient (Wildman–Crippen LogP) is 3.35. The molecule has 0 radical (unpaired) electrons. The van der Waals surface area contributed by atoms with Crippen molar-refractivity contribution in [3.8, 4) is 0 Å². The average molecular weight is 498 g/mol. The average Bonchev–Trinajstić information content (AvgIpc) is 3.17. The lowest BCUT2D eigenvalue weighted by atomic mass is 9.96. The van der Waals surface area contributed by atoms with Crippen LogP contribution in [0.15, 0.2) is 66.9 Å². The zero-order chi connectivity index (χ0) is 25.9. The van der Waals surface area contributed by atoms with E-state index in [0.29, 0.717) is 23.2 Å². The largest absolute Gasteiger partial charge is 0.366 e. The molecule has 2 aromatic carbocycles. The molecular weight excluding hydrogens is 466 g/mol. The Balaban J connectivity index is 1.19. The Hall–Kier alpha value is -4.20. The van der Waals surface area contributed by atoms with Crippen molar-refractivity contribution in [2.45, 2.75) is 57.3 Å². The summed E-state index contributed by atoms with van der Waals surface area (Å²) in [5, 5.41) is 6.13. The number of hydrogen-bond donors (Lipinski definition) is 3. The highest BCUT2D eigenvalue weighted by molar-refractivity contribution is 5.98. The van der Waals surface area contributed by atoms with Gasteiger partial charge in [0.25, 0.3) is 11.8 Å². The molecule has 3 amide bonds. The summed E-state index contributed by atoms with van der Waals surface area (Å²) < 4.78 is 0. The number of rotatable bonds is 7. The van der Waals surface area contributed by atoms with Gasteiger partial charge in [-0.05, 0) is 74.1 Å². The second-order valence-electron chi connectivity index (χ2n) is 9.90. The molecule has 2 fully saturated rings. The molecule has 3 aromatic rings. The number of carbonyl (C=O) groups is 3. The fraction of sp³-hybridized carbons (Fsp3) is 0.310. The molecule has 0 spiro atoms. The summed E-state index contributed by atoms with van der Waals surface area (Å²) in [7, 11) is 0. The van der Waals surface area contributed by atoms with Gasteiger partial charge in [0.2, 0.25) is 5.91 Å². The van der Waals surface area contributed by atoms with Gasteiger partial charge in [0.05, 0.1) is 5.56 Å². The molecule has 2 aliphatic rings. The third kappa shape index (κ3) is 5.33. The highest BCUT2D eigenvalue weighted by Crippen LogP contribution is 2.38. The number of nitrogens with zero attached hydrogens (tertiary/aromatic N) is 2. The van der Waals surface area contributed by atoms with Gasteiger partial charge in [-0.2, -0.15) is 0 Å². The number of fused-ring (bicyclic) bond motifs is 2. The lowest BCUT2D eigenvalue weighted by Crippen LogP contribution is -2.50. The maximum atomic E-state index is 13.0. The minimum absolute atomic E-state index is 0.0690. The monoisotopic (exact) mass is 497 g/mol. The van der Waals surface area contributed by atoms with Crippen LogP contribution in [0.5, 0.6) is 0 Å². The molecule has 5 rings (SSSR count). The molecule has 8 heteroatoms. The van der Waals surface area contributed by atoms with Crippen LogP contribution in [0.2, 0.25) is 0 Å². The van der Waals surface area contributed by atoms with Crippen molar-refractivity contribution in [3.63, 3.8) is 0 Å². The summed E-state index contributed by atoms with van der Waals surface area (Å²) in [6.07, 6.45) is 5.40. The van der Waals surface area contributed by atoms with Crippen molar-refractivity contribution in [3.05, 3.63) is 94.7 Å². The molecule has 190 valence electrons. The summed E-state index contributed by atoms with van der Waals surface area (Å²) in [6.45, 7) is 2.28. The third-order valence-corrected chi connectivity index (χ3v) is 7.39. The number of benzene rings is 2. The second-order valence-corrected chi connectivity index (χ2v) is 9.90. The van der Waals surface area contributed by atoms with Crippen molar-refractivity contribution in [2.24, 2.45) is 5.73 Å². The number of nitrogens with two attached hydrogens (primary N) is 1. The third-order valence-electron chi connectivity index (χ3n) is 7.39. The van der Waals surface area contributed by atoms with Gasteiger partial charge in [-0.25, -0.2) is 4.98 Å². The number of hydrogen-bond acceptors (Lipinski definition) is 5. The Morgan fingerprint density at radius 3 is 2.27 bits per heavy atom. The lowest BCUT2D eigenvalue weighted by Gasteiger charge is -2.40. The van der Waals surface area contributed by atoms with E-state index in [1.807, 2.05) is 49.4 Å². The van der Waals surface area contributed by atoms with Gasteiger partial charge in [0.15, 0.2) is 0 Å². The van der Waals surface area contributed by atoms with Crippen LogP contribution in [0, 0.1) is 6.92 Å². The van der Waals surface area contributed by atoms with Gasteiger partial charge in [-0.15, -0.1) is 0 Å². The van der Waals surface area contributed by atoms with Gasteiger partial charge in [-0.3, -0.25) is 14.4 Å². The Morgan fingerprint density at radius 2 is 1.65 bits per heavy atom. The van der Waals surface area contributed by atoms with E-state index in [-0.39, 0.29) is 29.9 Å². The fourth-order valence-corrected chi connectivity index (χ4v) is 5.56. The van der Waals surface area contributed by atoms with Crippen molar-refractivity contribution >= 4 is 23.5 Å². The molecule has 3 heterocycles. The lowest BCUT2D eigenvalue weighted by molar-refractivity contribution is 0.0922. The highest BCUT2D eigenvalue weighted by Gasteiger charge is 2.41. The Kier molecular flexibility index (Phi) is 6.90. The minimum Gasteiger partial charge on any atom is -0.366 e. The molecule has 4 N–H and O–H groups in total. The molecule has 0 aliphatic carbocycles. The van der Waals surface area contributed by atoms with E-state index in [9.17, 15) is 14.4 Å². The van der Waals surface area contributed by atoms with Crippen molar-refractivity contribution in [2.75, 3.05) is 4.90 Å². The summed E-state index contributed by atoms with van der Waals surface area (Å²) in [5.41, 5.74) is 8.61. The maximum absolute atomic E-state index is 13.0. The SMILES string of the molecule is Cc1cc(C(N)=O)ccc1C(=O)N[C@H]1C[C@H]2CC[C@@H](C1)N2c1ccc(C(=O)NCc2ccccc2)cn1. The van der Waals surface area contributed by atoms with Gasteiger partial charge >= 0.3 is 0 Å². The first kappa shape index (κ1) is 24.5. The van der Waals surface area contributed by atoms with E-state index in [1.54, 1.807) is 24.4 Å². The van der Waals surface area contributed by atoms with Crippen LogP contribution in [0.25, 0.3) is 0 Å². The van der Waals surface area contributed by atoms with E-state index >= 15 is 0 Å². The number of aryl methyl sites for hydroxylation is 1. The van der Waals surface area contributed by atoms with Crippen LogP contribution >= 0.6 is 0 Å². The Morgan fingerprint density at radius 1 is 0.946 bits per heavy atom. The highest BCUT2D eigenvalue weighted by atomic mass is 16.2. The standard InChI is InChI=1S/C29H31N5O3/c1-18-13-20(27(30)35)7-11-25(18)29(37)33-22-14-23-9-10-24(15-22)34(23)26-12-8-21(17-31-26)28(36)32-16-19-5-3-2-4-6-19/h2-8,11-13,17,22-24H,9-10,14-16H2,1H3,(H2,30,35)(H,32,36)(H,33,37)/t22-,23+,24-. The molecule has 2 aliphatic heterocycles. The Labute approximate surface area is 216 Å². The first-order chi connectivity index (χ1) is 17.9. The minimum atomic E-state index is -0.506. The normalized spacial score (nSPS) is 20.4. The molecule has 37 heavy (non-hydrogen) atoms. The maximum Gasteiger partial charge on any atom is 0.253 e. The zero-order valence-corrected chi connectivity index (χ0v) is 20.8. The molecule has 0 unspecified atom stereocenters. The number of carbonyl (C=O) groups excluding carboxylic acids is 3. The predicted molar refractivity (Wildman–Crippen MR) is 141 cm³/mol. The molecule has 3 atom stereocenters. The topological polar surface area (TPSA) is 117 Å². The van der Waals surface area contributed by atoms with E-state index in [0.717, 1.165) is 42.6 Å². The second kappa shape index (κ2) is 10.4. The molecule has 8 nitrogen and oxygen atoms in total. The van der Waals surface area contributed by atoms with Crippen LogP contribution in [0.1, 0.15) is 67.9 Å². The van der Waals surface area contributed by atoms with Crippen molar-refractivity contribution in [1.29, 1.82) is 0 Å². The van der Waals surface area contributed by atoms with Crippen LogP contribution in [0.4, 0.5) is 5.82 Å². The summed E-state index contributed by atoms with van der Waals surface area (Å²) >= 11 is 0. The van der Waals surface area contributed by atoms with Crippen molar-refractivity contribution < 1.29 is 14.4 Å². The van der Waals surface area contributed by atoms with E-state index in [2.05, 4.69) is 20.5 Å². The van der Waals surface area contributed by atoms with Crippen LogP contribution in [0.3, 0.4) is 0 Å². The summed E-state index contributed by atoms with van der Waals surface area (Å²) in [5.74, 6) is 0.0880. The zero-order valence-electron chi connectivity index (χ0n) is 20.8. The quantitative estimate of drug-likeness (QED) is 0.463. The van der Waals surface area contributed by atoms with E-state index in [1.165, 1.54) is 0 Å². The first-order valence-corrected chi connectivity index (χ1v) is 12.7. The first-order valence-electron chi connectivity index (χ1n) is 12.7. The van der Waals surface area contributed by atoms with Crippen molar-refractivity contribution in [1.82, 2.24) is 15.6 Å². The number of amides is 3. The molecule has 0 saturated carbocycles. The van der Waals surface area contributed by atoms with Gasteiger partial charge in [-0.1, -0.05) is 30.3 Å². The molecule has 2 bridgehead atoms. The Bertz CT molecular complexity index is 1290. The van der Waals surface area contributed by atoms with Gasteiger partial charge in [0.1, 0.15) is 5.82 Å². The molecule has 2 saturated heterocycles. The number of pyridine rings is 1. The molecular formula is C29H31N5O3. The van der Waals surface area contributed by atoms with Gasteiger partial charge in [0, 0.05) is 42.0 Å². The fourth-order valence-electron chi connectivity index (χ4n) is 5.56. The van der Waals surface area contributed by atoms with Crippen LogP contribution < -0.4 is 21.3 Å². The summed E-state index contributed by atoms with van der Waals surface area (Å²) in [4.78, 5) is 43.9. The van der Waals surface area contributed by atoms with Crippen LogP contribution in [-0.2, 0) is 6.54 Å². The smallest absolute Gasteiger partial charge is 0.253 e. The number of piperidine rings is 1. The number of anilines is 1. The van der Waals surface area contributed by atoms with E-state index < -0.39 is 5.91 Å². The van der Waals surface area contributed by atoms with Gasteiger partial charge < -0.3 is 21.3 Å². The molecule has 1 aromatic heterocycles. The van der Waals surface area contributed by atoms with E-state index in [4.69, 9.17) is 5.73 Å².